The molecule has 1 saturated heterocycles. The fourth-order valence-corrected chi connectivity index (χ4v) is 2.01. The summed E-state index contributed by atoms with van der Waals surface area (Å²) in [5.74, 6) is 3.03. The van der Waals surface area contributed by atoms with Crippen LogP contribution in [-0.2, 0) is 6.54 Å². The van der Waals surface area contributed by atoms with Crippen LogP contribution in [0.2, 0.25) is 0 Å². The van der Waals surface area contributed by atoms with Crippen LogP contribution in [0.25, 0.3) is 0 Å². The van der Waals surface area contributed by atoms with Crippen molar-refractivity contribution in [1.29, 1.82) is 0 Å². The summed E-state index contributed by atoms with van der Waals surface area (Å²) in [4.78, 5) is 2.48. The first-order valence-corrected chi connectivity index (χ1v) is 5.52. The van der Waals surface area contributed by atoms with E-state index in [0.717, 1.165) is 24.0 Å². The van der Waals surface area contributed by atoms with E-state index >= 15 is 0 Å². The number of aryl methyl sites for hydroxylation is 1. The van der Waals surface area contributed by atoms with Gasteiger partial charge in [-0.3, -0.25) is 4.90 Å². The molecule has 0 atom stereocenters. The van der Waals surface area contributed by atoms with Crippen LogP contribution in [0.5, 0.6) is 0 Å². The molecule has 0 unspecified atom stereocenters. The lowest BCUT2D eigenvalue weighted by atomic mass is 9.99. The Hall–Kier alpha value is -0.760. The lowest BCUT2D eigenvalue weighted by Gasteiger charge is -2.29. The third-order valence-electron chi connectivity index (χ3n) is 3.05. The van der Waals surface area contributed by atoms with Crippen LogP contribution in [0.3, 0.4) is 0 Å². The molecule has 1 aliphatic heterocycles. The molecule has 2 heterocycles. The second-order valence-electron chi connectivity index (χ2n) is 4.47. The molecule has 0 spiro atoms. The molecular weight excluding hydrogens is 174 g/mol. The highest BCUT2D eigenvalue weighted by Gasteiger charge is 2.16. The maximum Gasteiger partial charge on any atom is 0.118 e. The number of hydrogen-bond donors (Lipinski definition) is 0. The van der Waals surface area contributed by atoms with Crippen LogP contribution in [0.1, 0.15) is 31.3 Å². The molecule has 0 N–H and O–H groups in total. The summed E-state index contributed by atoms with van der Waals surface area (Å²) in [5, 5.41) is 0. The summed E-state index contributed by atoms with van der Waals surface area (Å²) in [6.45, 7) is 7.78. The fourth-order valence-electron chi connectivity index (χ4n) is 2.01. The molecule has 2 heteroatoms. The molecule has 1 fully saturated rings. The van der Waals surface area contributed by atoms with E-state index in [2.05, 4.69) is 17.9 Å². The molecule has 0 saturated carbocycles. The van der Waals surface area contributed by atoms with Gasteiger partial charge >= 0.3 is 0 Å². The van der Waals surface area contributed by atoms with E-state index in [1.807, 2.05) is 13.0 Å². The topological polar surface area (TPSA) is 16.4 Å². The normalized spacial score (nSPS) is 20.1. The van der Waals surface area contributed by atoms with Crippen LogP contribution in [-0.4, -0.2) is 18.0 Å². The first kappa shape index (κ1) is 9.78. The molecule has 0 aromatic carbocycles. The maximum absolute atomic E-state index is 5.57. The van der Waals surface area contributed by atoms with Gasteiger partial charge in [0.25, 0.3) is 0 Å². The summed E-state index contributed by atoms with van der Waals surface area (Å²) in [7, 11) is 0. The molecule has 1 aromatic heterocycles. The smallest absolute Gasteiger partial charge is 0.118 e. The van der Waals surface area contributed by atoms with Crippen LogP contribution in [0.4, 0.5) is 0 Å². The minimum atomic E-state index is 0.907. The van der Waals surface area contributed by atoms with E-state index in [1.165, 1.54) is 25.9 Å². The van der Waals surface area contributed by atoms with E-state index in [1.54, 1.807) is 0 Å². The molecule has 14 heavy (non-hydrogen) atoms. The second kappa shape index (κ2) is 4.18. The quantitative estimate of drug-likeness (QED) is 0.718. The molecule has 0 radical (unpaired) electrons. The molecule has 0 aliphatic carbocycles. The van der Waals surface area contributed by atoms with Gasteiger partial charge in [0.05, 0.1) is 6.54 Å². The van der Waals surface area contributed by atoms with Gasteiger partial charge in [0, 0.05) is 0 Å². The van der Waals surface area contributed by atoms with Crippen LogP contribution < -0.4 is 0 Å². The molecule has 78 valence electrons. The number of rotatable bonds is 2. The lowest BCUT2D eigenvalue weighted by molar-refractivity contribution is 0.173. The van der Waals surface area contributed by atoms with Gasteiger partial charge in [0.1, 0.15) is 11.5 Å². The SMILES string of the molecule is Cc1ccc(CN2CCC(C)CC2)o1. The Morgan fingerprint density at radius 2 is 2.07 bits per heavy atom. The van der Waals surface area contributed by atoms with Gasteiger partial charge in [-0.1, -0.05) is 6.92 Å². The largest absolute Gasteiger partial charge is 0.465 e. The molecule has 2 nitrogen and oxygen atoms in total. The molecule has 0 amide bonds. The molecule has 1 aromatic rings. The Balaban J connectivity index is 1.86. The van der Waals surface area contributed by atoms with E-state index in [4.69, 9.17) is 4.42 Å². The van der Waals surface area contributed by atoms with Crippen molar-refractivity contribution in [2.24, 2.45) is 5.92 Å². The maximum atomic E-state index is 5.57. The molecule has 2 rings (SSSR count). The van der Waals surface area contributed by atoms with Crippen molar-refractivity contribution >= 4 is 0 Å². The summed E-state index contributed by atoms with van der Waals surface area (Å²) >= 11 is 0. The van der Waals surface area contributed by atoms with Crippen molar-refractivity contribution in [2.75, 3.05) is 13.1 Å². The zero-order chi connectivity index (χ0) is 9.97. The van der Waals surface area contributed by atoms with Crippen LogP contribution in [0.15, 0.2) is 16.5 Å². The predicted octanol–water partition coefficient (Wildman–Crippen LogP) is 2.82. The predicted molar refractivity (Wildman–Crippen MR) is 57.1 cm³/mol. The van der Waals surface area contributed by atoms with Gasteiger partial charge in [0.15, 0.2) is 0 Å². The average Bonchev–Trinajstić information content (AvgIpc) is 2.56. The standard InChI is InChI=1S/C12H19NO/c1-10-5-7-13(8-6-10)9-12-4-3-11(2)14-12/h3-4,10H,5-9H2,1-2H3. The van der Waals surface area contributed by atoms with Gasteiger partial charge in [-0.25, -0.2) is 0 Å². The van der Waals surface area contributed by atoms with Crippen molar-refractivity contribution in [2.45, 2.75) is 33.2 Å². The van der Waals surface area contributed by atoms with Gasteiger partial charge < -0.3 is 4.42 Å². The van der Waals surface area contributed by atoms with Crippen molar-refractivity contribution in [3.63, 3.8) is 0 Å². The third-order valence-corrected chi connectivity index (χ3v) is 3.05. The summed E-state index contributed by atoms with van der Waals surface area (Å²) in [6, 6.07) is 4.13. The Labute approximate surface area is 85.9 Å². The highest BCUT2D eigenvalue weighted by atomic mass is 16.3. The number of likely N-dealkylation sites (tertiary alicyclic amines) is 1. The first-order chi connectivity index (χ1) is 6.74. The Morgan fingerprint density at radius 3 is 2.64 bits per heavy atom. The van der Waals surface area contributed by atoms with E-state index in [-0.39, 0.29) is 0 Å². The molecular formula is C12H19NO. The minimum Gasteiger partial charge on any atom is -0.465 e. The zero-order valence-corrected chi connectivity index (χ0v) is 9.12. The van der Waals surface area contributed by atoms with Crippen molar-refractivity contribution in [1.82, 2.24) is 4.90 Å². The highest BCUT2D eigenvalue weighted by molar-refractivity contribution is 5.05. The van der Waals surface area contributed by atoms with Crippen molar-refractivity contribution < 1.29 is 4.42 Å². The Bertz CT molecular complexity index is 284. The van der Waals surface area contributed by atoms with E-state index in [0.29, 0.717) is 0 Å². The summed E-state index contributed by atoms with van der Waals surface area (Å²) in [6.07, 6.45) is 2.67. The first-order valence-electron chi connectivity index (χ1n) is 5.52. The zero-order valence-electron chi connectivity index (χ0n) is 9.12. The van der Waals surface area contributed by atoms with Crippen molar-refractivity contribution in [3.8, 4) is 0 Å². The summed E-state index contributed by atoms with van der Waals surface area (Å²) < 4.78 is 5.57. The Morgan fingerprint density at radius 1 is 1.36 bits per heavy atom. The van der Waals surface area contributed by atoms with Crippen molar-refractivity contribution in [3.05, 3.63) is 23.7 Å². The second-order valence-corrected chi connectivity index (χ2v) is 4.47. The van der Waals surface area contributed by atoms with Gasteiger partial charge in [-0.2, -0.15) is 0 Å². The van der Waals surface area contributed by atoms with Gasteiger partial charge in [0.2, 0.25) is 0 Å². The summed E-state index contributed by atoms with van der Waals surface area (Å²) in [5.41, 5.74) is 0. The third kappa shape index (κ3) is 2.38. The molecule has 1 aliphatic rings. The van der Waals surface area contributed by atoms with E-state index in [9.17, 15) is 0 Å². The Kier molecular flexibility index (Phi) is 2.92. The van der Waals surface area contributed by atoms with Gasteiger partial charge in [-0.05, 0) is 50.9 Å². The average molecular weight is 193 g/mol. The number of nitrogens with zero attached hydrogens (tertiary/aromatic N) is 1. The number of hydrogen-bond acceptors (Lipinski definition) is 2. The lowest BCUT2D eigenvalue weighted by Crippen LogP contribution is -2.32. The van der Waals surface area contributed by atoms with Crippen LogP contribution in [0, 0.1) is 12.8 Å². The van der Waals surface area contributed by atoms with Gasteiger partial charge in [-0.15, -0.1) is 0 Å². The van der Waals surface area contributed by atoms with Crippen LogP contribution >= 0.6 is 0 Å². The number of furan rings is 1. The highest BCUT2D eigenvalue weighted by Crippen LogP contribution is 2.18. The fraction of sp³-hybridized carbons (Fsp3) is 0.667. The van der Waals surface area contributed by atoms with E-state index < -0.39 is 0 Å². The minimum absolute atomic E-state index is 0.907. The monoisotopic (exact) mass is 193 g/mol. The molecule has 0 bridgehead atoms. The number of piperidine rings is 1.